The average molecular weight is 285 g/mol. The van der Waals surface area contributed by atoms with Gasteiger partial charge in [0.1, 0.15) is 0 Å². The lowest BCUT2D eigenvalue weighted by Gasteiger charge is -2.18. The van der Waals surface area contributed by atoms with E-state index in [1.54, 1.807) is 12.3 Å². The van der Waals surface area contributed by atoms with Crippen LogP contribution in [0.2, 0.25) is 0 Å². The first-order chi connectivity index (χ1) is 10.1. The molecule has 0 amide bonds. The number of esters is 1. The molecule has 0 saturated heterocycles. The number of ether oxygens (including phenoxy) is 1. The predicted octanol–water partition coefficient (Wildman–Crippen LogP) is 2.08. The van der Waals surface area contributed by atoms with Crippen LogP contribution >= 0.6 is 0 Å². The highest BCUT2D eigenvalue weighted by Crippen LogP contribution is 2.20. The summed E-state index contributed by atoms with van der Waals surface area (Å²) in [6, 6.07) is 11.2. The van der Waals surface area contributed by atoms with Crippen molar-refractivity contribution in [2.24, 2.45) is 0 Å². The zero-order valence-corrected chi connectivity index (χ0v) is 12.2. The summed E-state index contributed by atoms with van der Waals surface area (Å²) < 4.78 is 4.81. The van der Waals surface area contributed by atoms with Gasteiger partial charge < -0.3 is 10.5 Å². The lowest BCUT2D eigenvalue weighted by molar-refractivity contribution is 0.0599. The molecule has 5 nitrogen and oxygen atoms in total. The second kappa shape index (κ2) is 6.85. The molecule has 0 aliphatic rings. The van der Waals surface area contributed by atoms with Crippen LogP contribution in [-0.4, -0.2) is 30.0 Å². The van der Waals surface area contributed by atoms with Crippen molar-refractivity contribution in [1.82, 2.24) is 9.88 Å². The minimum atomic E-state index is -0.408. The number of methoxy groups -OCH3 is 1. The summed E-state index contributed by atoms with van der Waals surface area (Å²) in [5, 5.41) is 0. The molecule has 0 saturated carbocycles. The minimum absolute atomic E-state index is 0.408. The number of nitrogen functional groups attached to an aromatic ring is 1. The van der Waals surface area contributed by atoms with E-state index in [-0.39, 0.29) is 0 Å². The van der Waals surface area contributed by atoms with Crippen LogP contribution in [0.4, 0.5) is 5.69 Å². The Balaban J connectivity index is 2.16. The molecule has 0 radical (unpaired) electrons. The van der Waals surface area contributed by atoms with Gasteiger partial charge in [-0.25, -0.2) is 4.79 Å². The highest BCUT2D eigenvalue weighted by molar-refractivity contribution is 5.96. The van der Waals surface area contributed by atoms with Crippen LogP contribution < -0.4 is 5.73 Å². The fourth-order valence-corrected chi connectivity index (χ4v) is 2.22. The minimum Gasteiger partial charge on any atom is -0.465 e. The first-order valence-corrected chi connectivity index (χ1v) is 6.66. The van der Waals surface area contributed by atoms with Gasteiger partial charge in [-0.3, -0.25) is 9.88 Å². The maximum atomic E-state index is 11.9. The predicted molar refractivity (Wildman–Crippen MR) is 81.6 cm³/mol. The van der Waals surface area contributed by atoms with Gasteiger partial charge in [0.05, 0.1) is 18.4 Å². The first-order valence-electron chi connectivity index (χ1n) is 6.66. The summed E-state index contributed by atoms with van der Waals surface area (Å²) >= 11 is 0. The van der Waals surface area contributed by atoms with E-state index in [0.717, 1.165) is 11.3 Å². The standard InChI is InChI=1S/C16H19N3O2/c1-19(11-13-7-3-4-9-18-13)10-12-6-5-8-14(17)15(12)16(20)21-2/h3-9H,10-11,17H2,1-2H3. The third kappa shape index (κ3) is 3.79. The van der Waals surface area contributed by atoms with Crippen molar-refractivity contribution in [2.75, 3.05) is 19.9 Å². The fraction of sp³-hybridized carbons (Fsp3) is 0.250. The van der Waals surface area contributed by atoms with E-state index in [2.05, 4.69) is 9.88 Å². The maximum Gasteiger partial charge on any atom is 0.340 e. The van der Waals surface area contributed by atoms with Gasteiger partial charge in [-0.15, -0.1) is 0 Å². The molecular formula is C16H19N3O2. The lowest BCUT2D eigenvalue weighted by atomic mass is 10.0. The van der Waals surface area contributed by atoms with Gasteiger partial charge in [-0.2, -0.15) is 0 Å². The quantitative estimate of drug-likeness (QED) is 0.673. The molecule has 110 valence electrons. The SMILES string of the molecule is COC(=O)c1c(N)cccc1CN(C)Cc1ccccn1. The van der Waals surface area contributed by atoms with Crippen molar-refractivity contribution >= 4 is 11.7 Å². The van der Waals surface area contributed by atoms with Crippen LogP contribution in [0.1, 0.15) is 21.6 Å². The second-order valence-corrected chi connectivity index (χ2v) is 4.87. The first kappa shape index (κ1) is 15.0. The number of carbonyl (C=O) groups is 1. The largest absolute Gasteiger partial charge is 0.465 e. The molecule has 1 aromatic heterocycles. The molecule has 2 rings (SSSR count). The Labute approximate surface area is 124 Å². The van der Waals surface area contributed by atoms with E-state index in [9.17, 15) is 4.79 Å². The molecule has 0 aliphatic heterocycles. The normalized spacial score (nSPS) is 10.6. The number of benzene rings is 1. The molecule has 5 heteroatoms. The highest BCUT2D eigenvalue weighted by atomic mass is 16.5. The van der Waals surface area contributed by atoms with Crippen molar-refractivity contribution in [3.63, 3.8) is 0 Å². The number of carbonyl (C=O) groups excluding carboxylic acids is 1. The van der Waals surface area contributed by atoms with Crippen LogP contribution in [0, 0.1) is 0 Å². The highest BCUT2D eigenvalue weighted by Gasteiger charge is 2.16. The van der Waals surface area contributed by atoms with Crippen molar-refractivity contribution < 1.29 is 9.53 Å². The topological polar surface area (TPSA) is 68.5 Å². The average Bonchev–Trinajstić information content (AvgIpc) is 2.47. The van der Waals surface area contributed by atoms with Gasteiger partial charge in [-0.1, -0.05) is 18.2 Å². The molecule has 0 bridgehead atoms. The summed E-state index contributed by atoms with van der Waals surface area (Å²) in [5.41, 5.74) is 8.59. The maximum absolute atomic E-state index is 11.9. The van der Waals surface area contributed by atoms with Gasteiger partial charge in [0.15, 0.2) is 0 Å². The summed E-state index contributed by atoms with van der Waals surface area (Å²) in [5.74, 6) is -0.408. The number of nitrogens with zero attached hydrogens (tertiary/aromatic N) is 2. The summed E-state index contributed by atoms with van der Waals surface area (Å²) in [7, 11) is 3.33. The van der Waals surface area contributed by atoms with Crippen molar-refractivity contribution in [2.45, 2.75) is 13.1 Å². The molecule has 0 aliphatic carbocycles. The summed E-state index contributed by atoms with van der Waals surface area (Å²) in [6.45, 7) is 1.28. The smallest absolute Gasteiger partial charge is 0.340 e. The number of hydrogen-bond donors (Lipinski definition) is 1. The zero-order valence-electron chi connectivity index (χ0n) is 12.2. The molecule has 0 spiro atoms. The van der Waals surface area contributed by atoms with Crippen molar-refractivity contribution in [3.8, 4) is 0 Å². The van der Waals surface area contributed by atoms with E-state index in [1.807, 2.05) is 37.4 Å². The fourth-order valence-electron chi connectivity index (χ4n) is 2.22. The van der Waals surface area contributed by atoms with Crippen LogP contribution in [0.3, 0.4) is 0 Å². The van der Waals surface area contributed by atoms with E-state index in [4.69, 9.17) is 10.5 Å². The van der Waals surface area contributed by atoms with E-state index in [1.165, 1.54) is 7.11 Å². The molecule has 0 atom stereocenters. The van der Waals surface area contributed by atoms with Gasteiger partial charge >= 0.3 is 5.97 Å². The van der Waals surface area contributed by atoms with Gasteiger partial charge in [0, 0.05) is 25.0 Å². The van der Waals surface area contributed by atoms with Gasteiger partial charge in [-0.05, 0) is 30.8 Å². The molecule has 1 aromatic carbocycles. The number of rotatable bonds is 5. The Morgan fingerprint density at radius 3 is 2.71 bits per heavy atom. The molecule has 21 heavy (non-hydrogen) atoms. The number of nitrogens with two attached hydrogens (primary N) is 1. The van der Waals surface area contributed by atoms with Crippen LogP contribution in [0.25, 0.3) is 0 Å². The van der Waals surface area contributed by atoms with Crippen molar-refractivity contribution in [1.29, 1.82) is 0 Å². The molecule has 2 aromatic rings. The number of hydrogen-bond acceptors (Lipinski definition) is 5. The third-order valence-corrected chi connectivity index (χ3v) is 3.17. The van der Waals surface area contributed by atoms with Crippen LogP contribution in [0.15, 0.2) is 42.6 Å². The Morgan fingerprint density at radius 2 is 2.05 bits per heavy atom. The Bertz CT molecular complexity index is 614. The molecule has 2 N–H and O–H groups in total. The van der Waals surface area contributed by atoms with E-state index >= 15 is 0 Å². The Kier molecular flexibility index (Phi) is 4.90. The van der Waals surface area contributed by atoms with Crippen LogP contribution in [0.5, 0.6) is 0 Å². The Hall–Kier alpha value is -2.40. The summed E-state index contributed by atoms with van der Waals surface area (Å²) in [6.07, 6.45) is 1.77. The monoisotopic (exact) mass is 285 g/mol. The lowest BCUT2D eigenvalue weighted by Crippen LogP contribution is -2.20. The van der Waals surface area contributed by atoms with Gasteiger partial charge in [0.2, 0.25) is 0 Å². The number of anilines is 1. The third-order valence-electron chi connectivity index (χ3n) is 3.17. The zero-order chi connectivity index (χ0) is 15.2. The molecular weight excluding hydrogens is 266 g/mol. The molecule has 0 unspecified atom stereocenters. The summed E-state index contributed by atoms with van der Waals surface area (Å²) in [4.78, 5) is 18.2. The number of pyridine rings is 1. The number of aromatic nitrogens is 1. The Morgan fingerprint density at radius 1 is 1.24 bits per heavy atom. The van der Waals surface area contributed by atoms with E-state index < -0.39 is 5.97 Å². The second-order valence-electron chi connectivity index (χ2n) is 4.87. The van der Waals surface area contributed by atoms with Crippen LogP contribution in [-0.2, 0) is 17.8 Å². The van der Waals surface area contributed by atoms with Crippen molar-refractivity contribution in [3.05, 3.63) is 59.4 Å². The molecule has 0 fully saturated rings. The van der Waals surface area contributed by atoms with E-state index in [0.29, 0.717) is 24.3 Å². The van der Waals surface area contributed by atoms with Gasteiger partial charge in [0.25, 0.3) is 0 Å². The molecule has 1 heterocycles.